The van der Waals surface area contributed by atoms with E-state index in [-0.39, 0.29) is 6.09 Å². The van der Waals surface area contributed by atoms with Crippen LogP contribution in [0.15, 0.2) is 30.3 Å². The average molecular weight is 325 g/mol. The molecule has 1 unspecified atom stereocenters. The van der Waals surface area contributed by atoms with Crippen molar-refractivity contribution in [2.24, 2.45) is 5.92 Å². The van der Waals surface area contributed by atoms with Crippen LogP contribution in [-0.4, -0.2) is 38.6 Å². The monoisotopic (exact) mass is 325 g/mol. The second kappa shape index (κ2) is 8.90. The summed E-state index contributed by atoms with van der Waals surface area (Å²) in [4.78, 5) is 13.8. The van der Waals surface area contributed by atoms with E-state index in [9.17, 15) is 9.00 Å². The molecule has 0 aromatic heterocycles. The summed E-state index contributed by atoms with van der Waals surface area (Å²) in [5.74, 6) is 0.890. The van der Waals surface area contributed by atoms with Gasteiger partial charge in [-0.05, 0) is 37.2 Å². The van der Waals surface area contributed by atoms with Gasteiger partial charge in [0.1, 0.15) is 6.61 Å². The number of hydrogen-bond donors (Lipinski definition) is 1. The molecular weight excluding hydrogens is 302 g/mol. The molecule has 2 rings (SSSR count). The van der Waals surface area contributed by atoms with Crippen LogP contribution in [0.25, 0.3) is 0 Å². The van der Waals surface area contributed by atoms with Gasteiger partial charge in [0.15, 0.2) is 11.1 Å². The second-order valence-electron chi connectivity index (χ2n) is 5.64. The van der Waals surface area contributed by atoms with E-state index in [1.165, 1.54) is 0 Å². The van der Waals surface area contributed by atoms with Crippen LogP contribution in [0.4, 0.5) is 4.79 Å². The number of nitrogens with zero attached hydrogens (tertiary/aromatic N) is 1. The van der Waals surface area contributed by atoms with Crippen molar-refractivity contribution in [3.8, 4) is 0 Å². The fourth-order valence-corrected chi connectivity index (χ4v) is 3.12. The summed E-state index contributed by atoms with van der Waals surface area (Å²) in [6, 6.07) is 9.65. The minimum atomic E-state index is -1.69. The van der Waals surface area contributed by atoms with E-state index in [1.807, 2.05) is 30.3 Å². The normalized spacial score (nSPS) is 17.2. The number of rotatable bonds is 6. The lowest BCUT2D eigenvalue weighted by Gasteiger charge is -2.31. The standard InChI is InChI=1S/C16H23NO4S/c18-16(21-13-15-5-2-1-3-6-15)17-10-8-14(9-11-17)7-4-12-22(19)20/h1-3,5-6,14H,4,7-13H2,(H,19,20). The molecule has 0 saturated carbocycles. The molecule has 0 bridgehead atoms. The smallest absolute Gasteiger partial charge is 0.410 e. The molecule has 122 valence electrons. The Hall–Kier alpha value is -1.40. The highest BCUT2D eigenvalue weighted by Crippen LogP contribution is 2.22. The number of carbonyl (C=O) groups is 1. The predicted molar refractivity (Wildman–Crippen MR) is 85.8 cm³/mol. The van der Waals surface area contributed by atoms with Gasteiger partial charge in [-0.25, -0.2) is 9.00 Å². The van der Waals surface area contributed by atoms with Gasteiger partial charge in [0.2, 0.25) is 0 Å². The Labute approximate surface area is 133 Å². The van der Waals surface area contributed by atoms with E-state index >= 15 is 0 Å². The molecule has 1 aromatic rings. The van der Waals surface area contributed by atoms with E-state index in [2.05, 4.69) is 0 Å². The second-order valence-corrected chi connectivity index (χ2v) is 6.69. The van der Waals surface area contributed by atoms with E-state index in [0.717, 1.165) is 31.2 Å². The minimum Gasteiger partial charge on any atom is -0.445 e. The van der Waals surface area contributed by atoms with Crippen molar-refractivity contribution in [2.75, 3.05) is 18.8 Å². The lowest BCUT2D eigenvalue weighted by molar-refractivity contribution is 0.0815. The largest absolute Gasteiger partial charge is 0.445 e. The topological polar surface area (TPSA) is 66.8 Å². The fourth-order valence-electron chi connectivity index (χ4n) is 2.71. The highest BCUT2D eigenvalue weighted by molar-refractivity contribution is 7.79. The Morgan fingerprint density at radius 2 is 1.95 bits per heavy atom. The number of piperidine rings is 1. The minimum absolute atomic E-state index is 0.251. The fraction of sp³-hybridized carbons (Fsp3) is 0.562. The quantitative estimate of drug-likeness (QED) is 0.816. The van der Waals surface area contributed by atoms with E-state index in [0.29, 0.717) is 31.4 Å². The van der Waals surface area contributed by atoms with Gasteiger partial charge in [-0.3, -0.25) is 0 Å². The highest BCUT2D eigenvalue weighted by atomic mass is 32.2. The number of benzene rings is 1. The molecule has 1 aliphatic rings. The zero-order valence-corrected chi connectivity index (χ0v) is 13.5. The Morgan fingerprint density at radius 1 is 1.27 bits per heavy atom. The number of amides is 1. The summed E-state index contributed by atoms with van der Waals surface area (Å²) in [7, 11) is 0. The Kier molecular flexibility index (Phi) is 6.86. The average Bonchev–Trinajstić information content (AvgIpc) is 2.54. The summed E-state index contributed by atoms with van der Waals surface area (Å²) in [5.41, 5.74) is 0.989. The summed E-state index contributed by atoms with van der Waals surface area (Å²) in [5, 5.41) is 0. The highest BCUT2D eigenvalue weighted by Gasteiger charge is 2.23. The van der Waals surface area contributed by atoms with Gasteiger partial charge >= 0.3 is 6.09 Å². The molecule has 1 atom stereocenters. The third kappa shape index (κ3) is 5.77. The van der Waals surface area contributed by atoms with Crippen molar-refractivity contribution in [3.63, 3.8) is 0 Å². The molecule has 1 fully saturated rings. The van der Waals surface area contributed by atoms with E-state index in [4.69, 9.17) is 9.29 Å². The van der Waals surface area contributed by atoms with Crippen LogP contribution in [0.3, 0.4) is 0 Å². The molecule has 0 spiro atoms. The maximum atomic E-state index is 12.0. The summed E-state index contributed by atoms with van der Waals surface area (Å²) in [6.45, 7) is 1.73. The molecule has 1 amide bonds. The number of carbonyl (C=O) groups excluding carboxylic acids is 1. The third-order valence-corrected chi connectivity index (χ3v) is 4.65. The van der Waals surface area contributed by atoms with Crippen LogP contribution < -0.4 is 0 Å². The van der Waals surface area contributed by atoms with Crippen LogP contribution in [0.5, 0.6) is 0 Å². The van der Waals surface area contributed by atoms with Crippen molar-refractivity contribution in [2.45, 2.75) is 32.3 Å². The Morgan fingerprint density at radius 3 is 2.59 bits per heavy atom. The first kappa shape index (κ1) is 17.0. The first-order valence-electron chi connectivity index (χ1n) is 7.68. The summed E-state index contributed by atoms with van der Waals surface area (Å²) in [6.07, 6.45) is 3.36. The van der Waals surface area contributed by atoms with Crippen molar-refractivity contribution in [1.82, 2.24) is 4.90 Å². The lowest BCUT2D eigenvalue weighted by atomic mass is 9.93. The van der Waals surface area contributed by atoms with Gasteiger partial charge in [-0.15, -0.1) is 0 Å². The molecular formula is C16H23NO4S. The maximum Gasteiger partial charge on any atom is 0.410 e. The van der Waals surface area contributed by atoms with Gasteiger partial charge < -0.3 is 14.2 Å². The lowest BCUT2D eigenvalue weighted by Crippen LogP contribution is -2.38. The van der Waals surface area contributed by atoms with Crippen LogP contribution in [0, 0.1) is 5.92 Å². The Balaban J connectivity index is 1.65. The molecule has 1 N–H and O–H groups in total. The van der Waals surface area contributed by atoms with Crippen LogP contribution in [0.1, 0.15) is 31.2 Å². The van der Waals surface area contributed by atoms with Crippen LogP contribution >= 0.6 is 0 Å². The van der Waals surface area contributed by atoms with Crippen molar-refractivity contribution >= 4 is 17.2 Å². The third-order valence-electron chi connectivity index (χ3n) is 4.01. The van der Waals surface area contributed by atoms with Crippen LogP contribution in [0.2, 0.25) is 0 Å². The molecule has 6 heteroatoms. The van der Waals surface area contributed by atoms with Crippen molar-refractivity contribution in [3.05, 3.63) is 35.9 Å². The zero-order valence-electron chi connectivity index (χ0n) is 12.6. The van der Waals surface area contributed by atoms with Crippen molar-refractivity contribution in [1.29, 1.82) is 0 Å². The maximum absolute atomic E-state index is 12.0. The SMILES string of the molecule is O=C(OCc1ccccc1)N1CCC(CCCS(=O)O)CC1. The molecule has 1 heterocycles. The number of ether oxygens (including phenoxy) is 1. The van der Waals surface area contributed by atoms with Gasteiger partial charge in [0.05, 0.1) is 0 Å². The van der Waals surface area contributed by atoms with E-state index < -0.39 is 11.1 Å². The molecule has 5 nitrogen and oxygen atoms in total. The van der Waals surface area contributed by atoms with E-state index in [1.54, 1.807) is 4.90 Å². The predicted octanol–water partition coefficient (Wildman–Crippen LogP) is 3.04. The van der Waals surface area contributed by atoms with Crippen LogP contribution in [-0.2, 0) is 22.4 Å². The summed E-state index contributed by atoms with van der Waals surface area (Å²) < 4.78 is 24.7. The number of hydrogen-bond acceptors (Lipinski definition) is 3. The van der Waals surface area contributed by atoms with Gasteiger partial charge in [-0.2, -0.15) is 0 Å². The van der Waals surface area contributed by atoms with Crippen molar-refractivity contribution < 1.29 is 18.3 Å². The first-order chi connectivity index (χ1) is 10.6. The molecule has 1 saturated heterocycles. The first-order valence-corrected chi connectivity index (χ1v) is 8.96. The molecule has 0 radical (unpaired) electrons. The molecule has 0 aliphatic carbocycles. The van der Waals surface area contributed by atoms with Gasteiger partial charge in [0, 0.05) is 18.8 Å². The molecule has 22 heavy (non-hydrogen) atoms. The number of likely N-dealkylation sites (tertiary alicyclic amines) is 1. The molecule has 1 aromatic carbocycles. The Bertz CT molecular complexity index is 486. The molecule has 1 aliphatic heterocycles. The zero-order chi connectivity index (χ0) is 15.8. The van der Waals surface area contributed by atoms with Gasteiger partial charge in [0.25, 0.3) is 0 Å². The summed E-state index contributed by atoms with van der Waals surface area (Å²) >= 11 is -1.69. The van der Waals surface area contributed by atoms with Gasteiger partial charge in [-0.1, -0.05) is 30.3 Å².